The van der Waals surface area contributed by atoms with Gasteiger partial charge >= 0.3 is 0 Å². The molecule has 2 aromatic rings. The van der Waals surface area contributed by atoms with E-state index in [1.807, 2.05) is 24.3 Å². The Morgan fingerprint density at radius 3 is 2.50 bits per heavy atom. The van der Waals surface area contributed by atoms with Crippen LogP contribution in [0.2, 0.25) is 0 Å². The minimum Gasteiger partial charge on any atom is -0.497 e. The van der Waals surface area contributed by atoms with Crippen LogP contribution in [0.1, 0.15) is 31.2 Å². The summed E-state index contributed by atoms with van der Waals surface area (Å²) < 4.78 is 38.1. The molecule has 0 unspecified atom stereocenters. The van der Waals surface area contributed by atoms with Crippen LogP contribution in [0.5, 0.6) is 11.5 Å². The number of sulfonamides is 1. The molecule has 0 radical (unpaired) electrons. The lowest BCUT2D eigenvalue weighted by molar-refractivity contribution is -0.122. The van der Waals surface area contributed by atoms with Crippen LogP contribution in [0.25, 0.3) is 0 Å². The lowest BCUT2D eigenvalue weighted by atomic mass is 10.0. The Bertz CT molecular complexity index is 960. The first kappa shape index (κ1) is 22.1. The molecule has 2 aromatic carbocycles. The molecular weight excluding hydrogens is 404 g/mol. The summed E-state index contributed by atoms with van der Waals surface area (Å²) in [4.78, 5) is 12.8. The SMILES string of the molecule is COc1ccc(S(=O)(=O)N2CCCC[C@@H]2CC(=O)NCc2cccc(OC)c2)cc1. The van der Waals surface area contributed by atoms with Crippen LogP contribution >= 0.6 is 0 Å². The fourth-order valence-corrected chi connectivity index (χ4v) is 5.34. The van der Waals surface area contributed by atoms with Crippen LogP contribution in [0.4, 0.5) is 0 Å². The van der Waals surface area contributed by atoms with Gasteiger partial charge < -0.3 is 14.8 Å². The number of benzene rings is 2. The van der Waals surface area contributed by atoms with Crippen LogP contribution in [0.3, 0.4) is 0 Å². The number of nitrogens with one attached hydrogen (secondary N) is 1. The summed E-state index contributed by atoms with van der Waals surface area (Å²) >= 11 is 0. The molecule has 162 valence electrons. The first-order chi connectivity index (χ1) is 14.4. The standard InChI is InChI=1S/C22H28N2O5S/c1-28-19-9-11-21(12-10-19)30(26,27)24-13-4-3-7-18(24)15-22(25)23-16-17-6-5-8-20(14-17)29-2/h5-6,8-12,14,18H,3-4,7,13,15-16H2,1-2H3,(H,23,25)/t18-/m1/s1. The highest BCUT2D eigenvalue weighted by atomic mass is 32.2. The van der Waals surface area contributed by atoms with Gasteiger partial charge in [0.2, 0.25) is 15.9 Å². The molecule has 30 heavy (non-hydrogen) atoms. The minimum atomic E-state index is -3.68. The average Bonchev–Trinajstić information content (AvgIpc) is 2.78. The van der Waals surface area contributed by atoms with Crippen molar-refractivity contribution in [2.24, 2.45) is 0 Å². The summed E-state index contributed by atoms with van der Waals surface area (Å²) in [5, 5.41) is 2.89. The Hall–Kier alpha value is -2.58. The lowest BCUT2D eigenvalue weighted by Crippen LogP contribution is -2.45. The highest BCUT2D eigenvalue weighted by molar-refractivity contribution is 7.89. The number of hydrogen-bond donors (Lipinski definition) is 1. The molecule has 7 nitrogen and oxygen atoms in total. The van der Waals surface area contributed by atoms with Gasteiger partial charge in [-0.2, -0.15) is 4.31 Å². The van der Waals surface area contributed by atoms with Gasteiger partial charge in [-0.1, -0.05) is 18.6 Å². The molecule has 1 aliphatic heterocycles. The van der Waals surface area contributed by atoms with Crippen LogP contribution in [-0.2, 0) is 21.4 Å². The second-order valence-electron chi connectivity index (χ2n) is 7.27. The van der Waals surface area contributed by atoms with Gasteiger partial charge in [-0.25, -0.2) is 8.42 Å². The number of rotatable bonds is 8. The molecule has 1 heterocycles. The van der Waals surface area contributed by atoms with Gasteiger partial charge in [0, 0.05) is 25.6 Å². The van der Waals surface area contributed by atoms with Crippen molar-refractivity contribution in [3.8, 4) is 11.5 Å². The van der Waals surface area contributed by atoms with Crippen molar-refractivity contribution in [2.75, 3.05) is 20.8 Å². The topological polar surface area (TPSA) is 84.9 Å². The highest BCUT2D eigenvalue weighted by Crippen LogP contribution is 2.28. The summed E-state index contributed by atoms with van der Waals surface area (Å²) in [5.74, 6) is 1.16. The third-order valence-corrected chi connectivity index (χ3v) is 7.25. The number of ether oxygens (including phenoxy) is 2. The van der Waals surface area contributed by atoms with Crippen LogP contribution in [0.15, 0.2) is 53.4 Å². The van der Waals surface area contributed by atoms with E-state index in [0.29, 0.717) is 25.3 Å². The molecular formula is C22H28N2O5S. The Labute approximate surface area is 178 Å². The molecule has 0 aliphatic carbocycles. The molecule has 1 amide bonds. The normalized spacial score (nSPS) is 17.3. The lowest BCUT2D eigenvalue weighted by Gasteiger charge is -2.34. The molecule has 1 N–H and O–H groups in total. The molecule has 0 aromatic heterocycles. The molecule has 1 fully saturated rings. The number of carbonyl (C=O) groups is 1. The summed E-state index contributed by atoms with van der Waals surface area (Å²) in [6.07, 6.45) is 2.50. The Balaban J connectivity index is 1.66. The van der Waals surface area contributed by atoms with Crippen LogP contribution < -0.4 is 14.8 Å². The second kappa shape index (κ2) is 9.95. The van der Waals surface area contributed by atoms with Crippen molar-refractivity contribution >= 4 is 15.9 Å². The molecule has 8 heteroatoms. The van der Waals surface area contributed by atoms with Crippen molar-refractivity contribution in [3.63, 3.8) is 0 Å². The molecule has 3 rings (SSSR count). The van der Waals surface area contributed by atoms with E-state index in [9.17, 15) is 13.2 Å². The Kier molecular flexibility index (Phi) is 7.33. The van der Waals surface area contributed by atoms with Crippen LogP contribution in [0, 0.1) is 0 Å². The van der Waals surface area contributed by atoms with Crippen molar-refractivity contribution in [1.82, 2.24) is 9.62 Å². The van der Waals surface area contributed by atoms with E-state index >= 15 is 0 Å². The van der Waals surface area contributed by atoms with E-state index < -0.39 is 10.0 Å². The largest absolute Gasteiger partial charge is 0.497 e. The highest BCUT2D eigenvalue weighted by Gasteiger charge is 2.34. The van der Waals surface area contributed by atoms with E-state index in [2.05, 4.69) is 5.32 Å². The Morgan fingerprint density at radius 1 is 1.07 bits per heavy atom. The third-order valence-electron chi connectivity index (χ3n) is 5.28. The maximum atomic E-state index is 13.2. The summed E-state index contributed by atoms with van der Waals surface area (Å²) in [5.41, 5.74) is 0.925. The van der Waals surface area contributed by atoms with Gasteiger partial charge in [-0.05, 0) is 54.8 Å². The van der Waals surface area contributed by atoms with E-state index in [4.69, 9.17) is 9.47 Å². The van der Waals surface area contributed by atoms with Gasteiger partial charge in [0.1, 0.15) is 11.5 Å². The maximum absolute atomic E-state index is 13.2. The van der Waals surface area contributed by atoms with Crippen LogP contribution in [-0.4, -0.2) is 45.4 Å². The monoisotopic (exact) mass is 432 g/mol. The molecule has 0 bridgehead atoms. The third kappa shape index (κ3) is 5.31. The Morgan fingerprint density at radius 2 is 1.80 bits per heavy atom. The molecule has 0 saturated carbocycles. The van der Waals surface area contributed by atoms with Crippen molar-refractivity contribution < 1.29 is 22.7 Å². The molecule has 1 saturated heterocycles. The average molecular weight is 433 g/mol. The van der Waals surface area contributed by atoms with Crippen molar-refractivity contribution in [3.05, 3.63) is 54.1 Å². The van der Waals surface area contributed by atoms with Gasteiger partial charge in [0.15, 0.2) is 0 Å². The zero-order valence-electron chi connectivity index (χ0n) is 17.3. The zero-order valence-corrected chi connectivity index (χ0v) is 18.2. The van der Waals surface area contributed by atoms with E-state index in [0.717, 1.165) is 24.2 Å². The first-order valence-electron chi connectivity index (χ1n) is 9.99. The number of carbonyl (C=O) groups excluding carboxylic acids is 1. The van der Waals surface area contributed by atoms with E-state index in [1.165, 1.54) is 11.4 Å². The number of piperidine rings is 1. The quantitative estimate of drug-likeness (QED) is 0.693. The number of hydrogen-bond acceptors (Lipinski definition) is 5. The summed E-state index contributed by atoms with van der Waals surface area (Å²) in [7, 11) is -0.545. The molecule has 1 aliphatic rings. The van der Waals surface area contributed by atoms with Crippen molar-refractivity contribution in [2.45, 2.75) is 43.2 Å². The minimum absolute atomic E-state index is 0.138. The van der Waals surface area contributed by atoms with E-state index in [1.54, 1.807) is 31.4 Å². The molecule has 1 atom stereocenters. The van der Waals surface area contributed by atoms with Gasteiger partial charge in [-0.15, -0.1) is 0 Å². The predicted molar refractivity (Wildman–Crippen MR) is 114 cm³/mol. The van der Waals surface area contributed by atoms with Gasteiger partial charge in [-0.3, -0.25) is 4.79 Å². The second-order valence-corrected chi connectivity index (χ2v) is 9.16. The fraction of sp³-hybridized carbons (Fsp3) is 0.409. The number of methoxy groups -OCH3 is 2. The molecule has 0 spiro atoms. The van der Waals surface area contributed by atoms with Gasteiger partial charge in [0.25, 0.3) is 0 Å². The number of nitrogens with zero attached hydrogens (tertiary/aromatic N) is 1. The first-order valence-corrected chi connectivity index (χ1v) is 11.4. The zero-order chi connectivity index (χ0) is 21.6. The van der Waals surface area contributed by atoms with E-state index in [-0.39, 0.29) is 23.3 Å². The maximum Gasteiger partial charge on any atom is 0.243 e. The smallest absolute Gasteiger partial charge is 0.243 e. The van der Waals surface area contributed by atoms with Crippen molar-refractivity contribution in [1.29, 1.82) is 0 Å². The predicted octanol–water partition coefficient (Wildman–Crippen LogP) is 2.95. The van der Waals surface area contributed by atoms with Gasteiger partial charge in [0.05, 0.1) is 19.1 Å². The summed E-state index contributed by atoms with van der Waals surface area (Å²) in [6.45, 7) is 0.788. The summed E-state index contributed by atoms with van der Waals surface area (Å²) in [6, 6.07) is 13.5. The number of amides is 1. The fourth-order valence-electron chi connectivity index (χ4n) is 3.65.